The number of fused-ring (bicyclic) bond motifs is 9. The Morgan fingerprint density at radius 1 is 1.04 bits per heavy atom. The van der Waals surface area contributed by atoms with Gasteiger partial charge in [-0.05, 0) is 90.8 Å². The molecule has 1 amide bonds. The lowest BCUT2D eigenvalue weighted by Crippen LogP contribution is -2.53. The number of aliphatic hydroxyl groups is 1. The quantitative estimate of drug-likeness (QED) is 0.287. The van der Waals surface area contributed by atoms with Crippen LogP contribution in [0.15, 0.2) is 36.4 Å². The predicted molar refractivity (Wildman–Crippen MR) is 187 cm³/mol. The average Bonchev–Trinajstić information content (AvgIpc) is 3.58. The van der Waals surface area contributed by atoms with Crippen molar-refractivity contribution >= 4 is 27.0 Å². The molecule has 0 spiro atoms. The molecule has 48 heavy (non-hydrogen) atoms. The van der Waals surface area contributed by atoms with Crippen LogP contribution >= 0.6 is 0 Å². The summed E-state index contributed by atoms with van der Waals surface area (Å²) in [6.07, 6.45) is 8.55. The molecule has 9 nitrogen and oxygen atoms in total. The van der Waals surface area contributed by atoms with Gasteiger partial charge in [-0.2, -0.15) is 12.7 Å². The number of benzene rings is 2. The van der Waals surface area contributed by atoms with Gasteiger partial charge in [0.25, 0.3) is 5.91 Å². The zero-order valence-corrected chi connectivity index (χ0v) is 29.9. The standard InChI is InChI=1S/C38H50N4O5S/c1-36(2)28-16-17-37(36,3)34(43)32(28)39-38-20-29(38)27-19-24(47-6)13-15-25(27)33-31(22-10-8-7-9-11-22)26-14-12-23(18-30(26)42(33)21-38)35(44)40-48(45,46)41(4)5/h12-15,18-19,22,28-29,32,34,39,43H,7-11,16-17,20-21H2,1-6H3,(H,40,44)/t28?,29-,32+,34+,37?,38-/m0/s1. The number of amides is 1. The van der Waals surface area contributed by atoms with Crippen LogP contribution in [0.1, 0.15) is 105 Å². The zero-order chi connectivity index (χ0) is 34.0. The molecule has 5 aliphatic rings. The van der Waals surface area contributed by atoms with Crippen molar-refractivity contribution in [2.75, 3.05) is 21.2 Å². The van der Waals surface area contributed by atoms with E-state index in [1.807, 2.05) is 12.1 Å². The van der Waals surface area contributed by atoms with E-state index in [0.717, 1.165) is 53.1 Å². The molecule has 2 unspecified atom stereocenters. The molecule has 3 aromatic rings. The number of hydrogen-bond acceptors (Lipinski definition) is 6. The summed E-state index contributed by atoms with van der Waals surface area (Å²) in [5, 5.41) is 17.2. The highest BCUT2D eigenvalue weighted by Gasteiger charge is 2.69. The van der Waals surface area contributed by atoms with E-state index in [-0.39, 0.29) is 28.3 Å². The summed E-state index contributed by atoms with van der Waals surface area (Å²) < 4.78 is 36.7. The normalized spacial score (nSPS) is 32.1. The topological polar surface area (TPSA) is 113 Å². The average molecular weight is 675 g/mol. The van der Waals surface area contributed by atoms with Gasteiger partial charge >= 0.3 is 10.2 Å². The number of nitrogens with one attached hydrogen (secondary N) is 2. The van der Waals surface area contributed by atoms with Crippen LogP contribution in [0.3, 0.4) is 0 Å². The molecule has 1 aromatic heterocycles. The molecule has 4 saturated carbocycles. The molecule has 4 fully saturated rings. The fourth-order valence-corrected chi connectivity index (χ4v) is 11.0. The first kappa shape index (κ1) is 32.3. The molecule has 258 valence electrons. The molecule has 2 aromatic carbocycles. The number of aliphatic hydroxyl groups excluding tert-OH is 1. The largest absolute Gasteiger partial charge is 0.497 e. The van der Waals surface area contributed by atoms with Crippen LogP contribution in [0.4, 0.5) is 0 Å². The minimum atomic E-state index is -3.95. The minimum absolute atomic E-state index is 0.00317. The van der Waals surface area contributed by atoms with Crippen LogP contribution in [0.25, 0.3) is 22.2 Å². The van der Waals surface area contributed by atoms with E-state index < -0.39 is 22.2 Å². The number of carbonyl (C=O) groups is 1. The molecule has 6 atom stereocenters. The van der Waals surface area contributed by atoms with Crippen molar-refractivity contribution in [1.82, 2.24) is 18.9 Å². The second kappa shape index (κ2) is 10.8. The Labute approximate surface area is 284 Å². The molecule has 1 aliphatic heterocycles. The van der Waals surface area contributed by atoms with Crippen molar-refractivity contribution in [1.29, 1.82) is 0 Å². The van der Waals surface area contributed by atoms with Gasteiger partial charge in [0.1, 0.15) is 5.75 Å². The van der Waals surface area contributed by atoms with Crippen molar-refractivity contribution in [3.63, 3.8) is 0 Å². The third-order valence-electron chi connectivity index (χ3n) is 13.7. The van der Waals surface area contributed by atoms with Crippen LogP contribution < -0.4 is 14.8 Å². The Morgan fingerprint density at radius 3 is 2.46 bits per heavy atom. The van der Waals surface area contributed by atoms with Crippen molar-refractivity contribution in [2.45, 2.75) is 108 Å². The van der Waals surface area contributed by atoms with Gasteiger partial charge in [-0.1, -0.05) is 46.1 Å². The number of hydrogen-bond donors (Lipinski definition) is 3. The lowest BCUT2D eigenvalue weighted by molar-refractivity contribution is -0.00301. The highest BCUT2D eigenvalue weighted by Crippen LogP contribution is 2.67. The predicted octanol–water partition coefficient (Wildman–Crippen LogP) is 5.92. The molecule has 10 heteroatoms. The summed E-state index contributed by atoms with van der Waals surface area (Å²) in [7, 11) is 0.581. The van der Waals surface area contributed by atoms with Gasteiger partial charge in [0, 0.05) is 65.6 Å². The lowest BCUT2D eigenvalue weighted by atomic mass is 9.70. The van der Waals surface area contributed by atoms with Gasteiger partial charge in [-0.3, -0.25) is 4.79 Å². The Kier molecular flexibility index (Phi) is 7.26. The molecule has 8 rings (SSSR count). The fourth-order valence-electron chi connectivity index (χ4n) is 10.4. The first-order valence-electron chi connectivity index (χ1n) is 17.8. The summed E-state index contributed by atoms with van der Waals surface area (Å²) >= 11 is 0. The monoisotopic (exact) mass is 674 g/mol. The highest BCUT2D eigenvalue weighted by atomic mass is 32.2. The molecule has 2 heterocycles. The number of ether oxygens (including phenoxy) is 1. The van der Waals surface area contributed by atoms with E-state index >= 15 is 0 Å². The van der Waals surface area contributed by atoms with Crippen LogP contribution in [-0.2, 0) is 16.8 Å². The fraction of sp³-hybridized carbons (Fsp3) is 0.605. The minimum Gasteiger partial charge on any atom is -0.497 e. The van der Waals surface area contributed by atoms with Crippen LogP contribution in [0.5, 0.6) is 5.75 Å². The highest BCUT2D eigenvalue weighted by molar-refractivity contribution is 7.87. The van der Waals surface area contributed by atoms with Crippen molar-refractivity contribution < 1.29 is 23.1 Å². The first-order chi connectivity index (χ1) is 22.7. The van der Waals surface area contributed by atoms with E-state index in [9.17, 15) is 18.3 Å². The molecule has 2 bridgehead atoms. The summed E-state index contributed by atoms with van der Waals surface area (Å²) in [6, 6.07) is 12.2. The van der Waals surface area contributed by atoms with Crippen molar-refractivity contribution in [3.05, 3.63) is 53.1 Å². The summed E-state index contributed by atoms with van der Waals surface area (Å²) in [4.78, 5) is 13.4. The smallest absolute Gasteiger partial charge is 0.303 e. The summed E-state index contributed by atoms with van der Waals surface area (Å²) in [6.45, 7) is 7.64. The second-order valence-corrected chi connectivity index (χ2v) is 18.3. The maximum Gasteiger partial charge on any atom is 0.303 e. The third kappa shape index (κ3) is 4.51. The summed E-state index contributed by atoms with van der Waals surface area (Å²) in [5.41, 5.74) is 5.93. The number of nitrogens with zero attached hydrogens (tertiary/aromatic N) is 2. The first-order valence-corrected chi connectivity index (χ1v) is 19.2. The van der Waals surface area contributed by atoms with Crippen molar-refractivity contribution in [3.8, 4) is 17.0 Å². The van der Waals surface area contributed by atoms with Crippen LogP contribution in [0, 0.1) is 16.7 Å². The Morgan fingerprint density at radius 2 is 1.79 bits per heavy atom. The molecule has 0 saturated heterocycles. The van der Waals surface area contributed by atoms with E-state index in [2.05, 4.69) is 53.6 Å². The molecule has 0 radical (unpaired) electrons. The van der Waals surface area contributed by atoms with Gasteiger partial charge in [0.2, 0.25) is 0 Å². The van der Waals surface area contributed by atoms with Crippen molar-refractivity contribution in [2.24, 2.45) is 16.7 Å². The van der Waals surface area contributed by atoms with E-state index in [1.54, 1.807) is 13.2 Å². The number of aromatic nitrogens is 1. The Bertz CT molecular complexity index is 1930. The Hall–Kier alpha value is -2.92. The summed E-state index contributed by atoms with van der Waals surface area (Å²) in [5.74, 6) is 1.22. The number of carbonyl (C=O) groups excluding carboxylic acids is 1. The zero-order valence-electron chi connectivity index (χ0n) is 29.1. The van der Waals surface area contributed by atoms with Crippen LogP contribution in [0.2, 0.25) is 0 Å². The SMILES string of the molecule is COc1ccc2c(c1)[C@@H]1C[C@]1(N[C@@H]1C3CCC(C)([C@@H]1O)C3(C)C)Cn1c-2c(C2CCCCC2)c2ccc(C(=O)NS(=O)(=O)N(C)C)cc21. The third-order valence-corrected chi connectivity index (χ3v) is 15.1. The number of rotatable bonds is 7. The van der Waals surface area contributed by atoms with E-state index in [1.165, 1.54) is 55.7 Å². The molecule has 3 N–H and O–H groups in total. The molecule has 4 aliphatic carbocycles. The maximum atomic E-state index is 13.4. The number of methoxy groups -OCH3 is 1. The van der Waals surface area contributed by atoms with Gasteiger partial charge in [0.05, 0.1) is 18.9 Å². The van der Waals surface area contributed by atoms with Gasteiger partial charge < -0.3 is 19.7 Å². The van der Waals surface area contributed by atoms with Gasteiger partial charge in [-0.15, -0.1) is 0 Å². The van der Waals surface area contributed by atoms with E-state index in [4.69, 9.17) is 4.74 Å². The van der Waals surface area contributed by atoms with Gasteiger partial charge in [0.15, 0.2) is 0 Å². The van der Waals surface area contributed by atoms with Crippen LogP contribution in [-0.4, -0.2) is 67.2 Å². The van der Waals surface area contributed by atoms with Gasteiger partial charge in [-0.25, -0.2) is 4.72 Å². The Balaban J connectivity index is 1.31. The molecular weight excluding hydrogens is 625 g/mol. The lowest BCUT2D eigenvalue weighted by Gasteiger charge is -2.38. The van der Waals surface area contributed by atoms with E-state index in [0.29, 0.717) is 23.9 Å². The maximum absolute atomic E-state index is 13.4. The second-order valence-electron chi connectivity index (χ2n) is 16.4. The molecular formula is C38H50N4O5S.